The molecular formula is C13H23N3O4. The van der Waals surface area contributed by atoms with E-state index in [9.17, 15) is 19.8 Å². The van der Waals surface area contributed by atoms with Crippen LogP contribution in [-0.4, -0.2) is 89.3 Å². The summed E-state index contributed by atoms with van der Waals surface area (Å²) in [4.78, 5) is 28.9. The number of piperidine rings is 1. The molecule has 114 valence electrons. The van der Waals surface area contributed by atoms with Crippen molar-refractivity contribution in [2.75, 3.05) is 40.3 Å². The van der Waals surface area contributed by atoms with Crippen molar-refractivity contribution in [2.45, 2.75) is 25.0 Å². The number of aliphatic hydroxyl groups excluding tert-OH is 2. The predicted molar refractivity (Wildman–Crippen MR) is 72.0 cm³/mol. The second-order valence-electron chi connectivity index (χ2n) is 5.82. The molecule has 2 aliphatic heterocycles. The van der Waals surface area contributed by atoms with E-state index in [4.69, 9.17) is 0 Å². The third-order valence-electron chi connectivity index (χ3n) is 4.07. The molecule has 7 heteroatoms. The summed E-state index contributed by atoms with van der Waals surface area (Å²) in [5, 5.41) is 19.0. The third-order valence-corrected chi connectivity index (χ3v) is 4.07. The van der Waals surface area contributed by atoms with Gasteiger partial charge in [0, 0.05) is 46.2 Å². The molecule has 0 radical (unpaired) electrons. The van der Waals surface area contributed by atoms with E-state index in [2.05, 4.69) is 0 Å². The van der Waals surface area contributed by atoms with Crippen LogP contribution in [0.1, 0.15) is 12.8 Å². The van der Waals surface area contributed by atoms with Gasteiger partial charge in [-0.15, -0.1) is 0 Å². The van der Waals surface area contributed by atoms with Gasteiger partial charge in [0.05, 0.1) is 12.2 Å². The van der Waals surface area contributed by atoms with Crippen LogP contribution in [0.4, 0.5) is 4.79 Å². The molecule has 2 heterocycles. The summed E-state index contributed by atoms with van der Waals surface area (Å²) in [6, 6.07) is -0.0251. The van der Waals surface area contributed by atoms with Crippen LogP contribution in [0.5, 0.6) is 0 Å². The Balaban J connectivity index is 1.85. The van der Waals surface area contributed by atoms with E-state index in [0.717, 1.165) is 0 Å². The van der Waals surface area contributed by atoms with E-state index < -0.39 is 12.2 Å². The SMILES string of the molecule is CN(C)C(=O)N1CCC(C(=O)N2C[C@@H](O)[C@@H](O)C2)CC1. The van der Waals surface area contributed by atoms with Gasteiger partial charge in [-0.3, -0.25) is 4.79 Å². The minimum absolute atomic E-state index is 0.0162. The highest BCUT2D eigenvalue weighted by molar-refractivity contribution is 5.80. The van der Waals surface area contributed by atoms with E-state index >= 15 is 0 Å². The minimum atomic E-state index is -0.839. The van der Waals surface area contributed by atoms with E-state index in [1.807, 2.05) is 0 Å². The number of carbonyl (C=O) groups excluding carboxylic acids is 2. The monoisotopic (exact) mass is 285 g/mol. The van der Waals surface area contributed by atoms with Crippen LogP contribution < -0.4 is 0 Å². The first kappa shape index (κ1) is 15.1. The number of β-amino-alcohol motifs (C(OH)–C–C–N with tert-alkyl or cyclic N) is 2. The van der Waals surface area contributed by atoms with Gasteiger partial charge < -0.3 is 24.9 Å². The van der Waals surface area contributed by atoms with Crippen LogP contribution in [0, 0.1) is 5.92 Å². The standard InChI is InChI=1S/C13H23N3O4/c1-14(2)13(20)15-5-3-9(4-6-15)12(19)16-7-10(17)11(18)8-16/h9-11,17-18H,3-8H2,1-2H3/t10-,11+. The Labute approximate surface area is 118 Å². The highest BCUT2D eigenvalue weighted by Crippen LogP contribution is 2.22. The second kappa shape index (κ2) is 5.97. The Morgan fingerprint density at radius 1 is 1.00 bits per heavy atom. The van der Waals surface area contributed by atoms with Crippen molar-refractivity contribution in [3.8, 4) is 0 Å². The molecule has 2 aliphatic rings. The Hall–Kier alpha value is -1.34. The second-order valence-corrected chi connectivity index (χ2v) is 5.82. The Morgan fingerprint density at radius 2 is 1.50 bits per heavy atom. The number of carbonyl (C=O) groups is 2. The van der Waals surface area contributed by atoms with Gasteiger partial charge in [0.1, 0.15) is 0 Å². The van der Waals surface area contributed by atoms with Crippen LogP contribution in [0.3, 0.4) is 0 Å². The summed E-state index contributed by atoms with van der Waals surface area (Å²) in [5.41, 5.74) is 0. The topological polar surface area (TPSA) is 84.3 Å². The van der Waals surface area contributed by atoms with Gasteiger partial charge in [-0.1, -0.05) is 0 Å². The Bertz CT molecular complexity index is 370. The van der Waals surface area contributed by atoms with Crippen LogP contribution in [0.15, 0.2) is 0 Å². The minimum Gasteiger partial charge on any atom is -0.388 e. The summed E-state index contributed by atoms with van der Waals surface area (Å²) in [6.07, 6.45) is -0.397. The van der Waals surface area contributed by atoms with Gasteiger partial charge in [0.15, 0.2) is 0 Å². The summed E-state index contributed by atoms with van der Waals surface area (Å²) in [5.74, 6) is -0.128. The Kier molecular flexibility index (Phi) is 4.49. The molecule has 2 saturated heterocycles. The molecule has 0 aromatic heterocycles. The number of likely N-dealkylation sites (tertiary alicyclic amines) is 2. The number of urea groups is 1. The molecule has 0 saturated carbocycles. The normalized spacial score (nSPS) is 27.8. The van der Waals surface area contributed by atoms with Gasteiger partial charge in [-0.05, 0) is 12.8 Å². The van der Waals surface area contributed by atoms with Crippen molar-refractivity contribution in [2.24, 2.45) is 5.92 Å². The quantitative estimate of drug-likeness (QED) is 0.643. The summed E-state index contributed by atoms with van der Waals surface area (Å²) >= 11 is 0. The number of amides is 3. The van der Waals surface area contributed by atoms with Crippen molar-refractivity contribution in [1.82, 2.24) is 14.7 Å². The largest absolute Gasteiger partial charge is 0.388 e. The lowest BCUT2D eigenvalue weighted by molar-refractivity contribution is -0.136. The lowest BCUT2D eigenvalue weighted by Crippen LogP contribution is -2.47. The maximum Gasteiger partial charge on any atom is 0.319 e. The lowest BCUT2D eigenvalue weighted by Gasteiger charge is -2.34. The highest BCUT2D eigenvalue weighted by atomic mass is 16.3. The fourth-order valence-electron chi connectivity index (χ4n) is 2.81. The average Bonchev–Trinajstić information content (AvgIpc) is 2.77. The summed E-state index contributed by atoms with van der Waals surface area (Å²) in [7, 11) is 3.43. The van der Waals surface area contributed by atoms with Crippen molar-refractivity contribution in [3.63, 3.8) is 0 Å². The maximum atomic E-state index is 12.3. The molecule has 0 bridgehead atoms. The molecule has 0 aromatic carbocycles. The average molecular weight is 285 g/mol. The van der Waals surface area contributed by atoms with Crippen molar-refractivity contribution in [3.05, 3.63) is 0 Å². The number of hydrogen-bond donors (Lipinski definition) is 2. The van der Waals surface area contributed by atoms with Gasteiger partial charge in [-0.25, -0.2) is 4.79 Å². The number of hydrogen-bond acceptors (Lipinski definition) is 4. The van der Waals surface area contributed by atoms with Gasteiger partial charge >= 0.3 is 6.03 Å². The first-order valence-corrected chi connectivity index (χ1v) is 7.01. The molecule has 0 aliphatic carbocycles. The molecular weight excluding hydrogens is 262 g/mol. The Morgan fingerprint density at radius 3 is 1.95 bits per heavy atom. The summed E-state index contributed by atoms with van der Waals surface area (Å²) < 4.78 is 0. The highest BCUT2D eigenvalue weighted by Gasteiger charge is 2.37. The molecule has 2 rings (SSSR count). The smallest absolute Gasteiger partial charge is 0.319 e. The molecule has 3 amide bonds. The maximum absolute atomic E-state index is 12.3. The molecule has 0 aromatic rings. The van der Waals surface area contributed by atoms with Gasteiger partial charge in [0.2, 0.25) is 5.91 Å². The zero-order valence-corrected chi connectivity index (χ0v) is 12.0. The lowest BCUT2D eigenvalue weighted by atomic mass is 9.95. The molecule has 20 heavy (non-hydrogen) atoms. The molecule has 2 fully saturated rings. The van der Waals surface area contributed by atoms with E-state index in [-0.39, 0.29) is 30.9 Å². The number of rotatable bonds is 1. The van der Waals surface area contributed by atoms with E-state index in [1.165, 1.54) is 9.80 Å². The summed E-state index contributed by atoms with van der Waals surface area (Å²) in [6.45, 7) is 1.56. The zero-order valence-electron chi connectivity index (χ0n) is 12.0. The number of nitrogens with zero attached hydrogens (tertiary/aromatic N) is 3. The first-order chi connectivity index (χ1) is 9.40. The molecule has 2 N–H and O–H groups in total. The van der Waals surface area contributed by atoms with Crippen LogP contribution >= 0.6 is 0 Å². The fraction of sp³-hybridized carbons (Fsp3) is 0.846. The van der Waals surface area contributed by atoms with Crippen molar-refractivity contribution in [1.29, 1.82) is 0 Å². The molecule has 0 spiro atoms. The zero-order chi connectivity index (χ0) is 14.9. The molecule has 0 unspecified atom stereocenters. The van der Waals surface area contributed by atoms with Gasteiger partial charge in [-0.2, -0.15) is 0 Å². The third kappa shape index (κ3) is 3.04. The van der Waals surface area contributed by atoms with Gasteiger partial charge in [0.25, 0.3) is 0 Å². The number of aliphatic hydroxyl groups is 2. The van der Waals surface area contributed by atoms with Crippen LogP contribution in [-0.2, 0) is 4.79 Å². The van der Waals surface area contributed by atoms with E-state index in [0.29, 0.717) is 25.9 Å². The fourth-order valence-corrected chi connectivity index (χ4v) is 2.81. The van der Waals surface area contributed by atoms with Crippen LogP contribution in [0.2, 0.25) is 0 Å². The molecule has 7 nitrogen and oxygen atoms in total. The first-order valence-electron chi connectivity index (χ1n) is 7.01. The predicted octanol–water partition coefficient (Wildman–Crippen LogP) is -1.06. The van der Waals surface area contributed by atoms with Crippen LogP contribution in [0.25, 0.3) is 0 Å². The van der Waals surface area contributed by atoms with Crippen molar-refractivity contribution >= 4 is 11.9 Å². The van der Waals surface area contributed by atoms with Crippen molar-refractivity contribution < 1.29 is 19.8 Å². The molecule has 2 atom stereocenters. The van der Waals surface area contributed by atoms with E-state index in [1.54, 1.807) is 19.0 Å².